The number of rotatable bonds is 1. The van der Waals surface area contributed by atoms with Crippen molar-refractivity contribution >= 4 is 33.6 Å². The van der Waals surface area contributed by atoms with Gasteiger partial charge >= 0.3 is 0 Å². The SMILES string of the molecule is N#Cc1ccc(P(=O)(Cl)Cl)cc1. The summed E-state index contributed by atoms with van der Waals surface area (Å²) < 4.78 is 11.1. The molecule has 0 amide bonds. The van der Waals surface area contributed by atoms with Crippen LogP contribution >= 0.6 is 28.3 Å². The molecule has 0 aromatic heterocycles. The summed E-state index contributed by atoms with van der Waals surface area (Å²) in [5.41, 5.74) is 0.487. The summed E-state index contributed by atoms with van der Waals surface area (Å²) in [6.45, 7) is 0. The highest BCUT2D eigenvalue weighted by atomic mass is 35.9. The fraction of sp³-hybridized carbons (Fsp3) is 0. The number of halogens is 2. The highest BCUT2D eigenvalue weighted by Gasteiger charge is 2.16. The van der Waals surface area contributed by atoms with Crippen molar-refractivity contribution in [1.82, 2.24) is 0 Å². The second kappa shape index (κ2) is 3.49. The minimum Gasteiger partial charge on any atom is -0.284 e. The molecule has 2 nitrogen and oxygen atoms in total. The quantitative estimate of drug-likeness (QED) is 0.682. The van der Waals surface area contributed by atoms with Gasteiger partial charge in [-0.25, -0.2) is 0 Å². The van der Waals surface area contributed by atoms with Gasteiger partial charge in [0.1, 0.15) is 0 Å². The zero-order chi connectivity index (χ0) is 9.19. The third-order valence-electron chi connectivity index (χ3n) is 1.30. The van der Waals surface area contributed by atoms with Crippen molar-refractivity contribution in [2.24, 2.45) is 0 Å². The molecule has 0 atom stereocenters. The second-order valence-electron chi connectivity index (χ2n) is 2.12. The normalized spacial score (nSPS) is 10.8. The minimum atomic E-state index is -3.21. The lowest BCUT2D eigenvalue weighted by atomic mass is 10.2. The van der Waals surface area contributed by atoms with Crippen molar-refractivity contribution in [1.29, 1.82) is 5.26 Å². The molecule has 1 aromatic carbocycles. The summed E-state index contributed by atoms with van der Waals surface area (Å²) >= 11 is 10.8. The molecule has 0 spiro atoms. The molecule has 0 aliphatic heterocycles. The summed E-state index contributed by atoms with van der Waals surface area (Å²) in [6, 6.07) is 7.94. The van der Waals surface area contributed by atoms with Gasteiger partial charge in [-0.2, -0.15) is 5.26 Å². The molecule has 0 heterocycles. The fourth-order valence-electron chi connectivity index (χ4n) is 0.710. The summed E-state index contributed by atoms with van der Waals surface area (Å²) in [4.78, 5) is 0. The molecule has 0 aliphatic rings. The van der Waals surface area contributed by atoms with Gasteiger partial charge in [0, 0.05) is 5.30 Å². The standard InChI is InChI=1S/C7H4Cl2NOP/c8-12(9,11)7-3-1-6(5-10)2-4-7/h1-4H. The maximum Gasteiger partial charge on any atom is 0.281 e. The summed E-state index contributed by atoms with van der Waals surface area (Å²) in [5.74, 6) is -3.21. The summed E-state index contributed by atoms with van der Waals surface area (Å²) in [5, 5.41) is 8.80. The molecular weight excluding hydrogens is 216 g/mol. The lowest BCUT2D eigenvalue weighted by Crippen LogP contribution is -1.95. The molecule has 0 N–H and O–H groups in total. The van der Waals surface area contributed by atoms with Crippen LogP contribution in [0.5, 0.6) is 0 Å². The second-order valence-corrected chi connectivity index (χ2v) is 6.94. The molecule has 0 bridgehead atoms. The molecule has 0 saturated carbocycles. The Bertz CT molecular complexity index is 362. The lowest BCUT2D eigenvalue weighted by Gasteiger charge is -1.99. The Morgan fingerprint density at radius 1 is 1.25 bits per heavy atom. The average molecular weight is 220 g/mol. The maximum absolute atomic E-state index is 11.1. The lowest BCUT2D eigenvalue weighted by molar-refractivity contribution is 0.597. The number of nitrogens with zero attached hydrogens (tertiary/aromatic N) is 1. The van der Waals surface area contributed by atoms with Crippen molar-refractivity contribution in [2.45, 2.75) is 0 Å². The van der Waals surface area contributed by atoms with Crippen molar-refractivity contribution < 1.29 is 4.57 Å². The first-order valence-corrected chi connectivity index (χ1v) is 6.56. The zero-order valence-electron chi connectivity index (χ0n) is 5.87. The van der Waals surface area contributed by atoms with Crippen LogP contribution in [0.3, 0.4) is 0 Å². The van der Waals surface area contributed by atoms with Gasteiger partial charge in [0.05, 0.1) is 11.6 Å². The van der Waals surface area contributed by atoms with E-state index < -0.39 is 5.85 Å². The molecule has 0 unspecified atom stereocenters. The van der Waals surface area contributed by atoms with Crippen LogP contribution < -0.4 is 5.30 Å². The Morgan fingerprint density at radius 2 is 1.75 bits per heavy atom. The van der Waals surface area contributed by atoms with E-state index in [1.54, 1.807) is 0 Å². The predicted octanol–water partition coefficient (Wildman–Crippen LogP) is 2.85. The number of hydrogen-bond acceptors (Lipinski definition) is 2. The van der Waals surface area contributed by atoms with Gasteiger partial charge in [0.15, 0.2) is 0 Å². The Kier molecular flexibility index (Phi) is 2.80. The predicted molar refractivity (Wildman–Crippen MR) is 50.1 cm³/mol. The largest absolute Gasteiger partial charge is 0.284 e. The molecule has 12 heavy (non-hydrogen) atoms. The van der Waals surface area contributed by atoms with Crippen LogP contribution in [0.25, 0.3) is 0 Å². The molecule has 1 aromatic rings. The number of benzene rings is 1. The van der Waals surface area contributed by atoms with Gasteiger partial charge in [-0.05, 0) is 46.7 Å². The number of hydrogen-bond donors (Lipinski definition) is 0. The smallest absolute Gasteiger partial charge is 0.281 e. The van der Waals surface area contributed by atoms with Crippen LogP contribution in [0.2, 0.25) is 0 Å². The first-order valence-electron chi connectivity index (χ1n) is 3.04. The van der Waals surface area contributed by atoms with Crippen molar-refractivity contribution in [3.63, 3.8) is 0 Å². The summed E-state index contributed by atoms with van der Waals surface area (Å²) in [7, 11) is 0. The van der Waals surface area contributed by atoms with E-state index in [-0.39, 0.29) is 0 Å². The minimum absolute atomic E-state index is 0.352. The molecule has 0 aliphatic carbocycles. The van der Waals surface area contributed by atoms with Gasteiger partial charge in [-0.15, -0.1) is 0 Å². The van der Waals surface area contributed by atoms with Crippen LogP contribution in [0.4, 0.5) is 0 Å². The monoisotopic (exact) mass is 219 g/mol. The van der Waals surface area contributed by atoms with E-state index in [9.17, 15) is 4.57 Å². The molecule has 0 fully saturated rings. The van der Waals surface area contributed by atoms with Crippen molar-refractivity contribution in [2.75, 3.05) is 0 Å². The van der Waals surface area contributed by atoms with E-state index in [0.29, 0.717) is 10.9 Å². The van der Waals surface area contributed by atoms with Gasteiger partial charge < -0.3 is 0 Å². The van der Waals surface area contributed by atoms with Crippen LogP contribution in [0, 0.1) is 11.3 Å². The van der Waals surface area contributed by atoms with Gasteiger partial charge in [0.2, 0.25) is 0 Å². The van der Waals surface area contributed by atoms with Gasteiger partial charge in [0.25, 0.3) is 5.85 Å². The van der Waals surface area contributed by atoms with Crippen molar-refractivity contribution in [3.8, 4) is 6.07 Å². The van der Waals surface area contributed by atoms with Gasteiger partial charge in [-0.3, -0.25) is 4.57 Å². The van der Waals surface area contributed by atoms with E-state index in [1.165, 1.54) is 24.3 Å². The summed E-state index contributed by atoms with van der Waals surface area (Å²) in [6.07, 6.45) is 0. The third kappa shape index (κ3) is 2.25. The van der Waals surface area contributed by atoms with E-state index in [4.69, 9.17) is 27.7 Å². The van der Waals surface area contributed by atoms with Gasteiger partial charge in [-0.1, -0.05) is 0 Å². The Hall–Kier alpha value is -0.480. The van der Waals surface area contributed by atoms with Crippen LogP contribution in [0.15, 0.2) is 24.3 Å². The zero-order valence-corrected chi connectivity index (χ0v) is 8.27. The van der Waals surface area contributed by atoms with E-state index in [2.05, 4.69) is 0 Å². The maximum atomic E-state index is 11.1. The van der Waals surface area contributed by atoms with E-state index in [0.717, 1.165) is 0 Å². The highest BCUT2D eigenvalue weighted by molar-refractivity contribution is 8.13. The molecule has 0 saturated heterocycles. The molecule has 5 heteroatoms. The topological polar surface area (TPSA) is 40.9 Å². The van der Waals surface area contributed by atoms with Crippen LogP contribution in [-0.4, -0.2) is 0 Å². The van der Waals surface area contributed by atoms with E-state index >= 15 is 0 Å². The van der Waals surface area contributed by atoms with Crippen molar-refractivity contribution in [3.05, 3.63) is 29.8 Å². The molecule has 62 valence electrons. The third-order valence-corrected chi connectivity index (χ3v) is 3.37. The Morgan fingerprint density at radius 3 is 2.08 bits per heavy atom. The number of nitriles is 1. The Labute approximate surface area is 79.7 Å². The fourth-order valence-corrected chi connectivity index (χ4v) is 1.88. The first kappa shape index (κ1) is 9.61. The Balaban J connectivity index is 3.11. The average Bonchev–Trinajstić information content (AvgIpc) is 2.03. The highest BCUT2D eigenvalue weighted by Crippen LogP contribution is 2.55. The van der Waals surface area contributed by atoms with Crippen LogP contribution in [-0.2, 0) is 4.57 Å². The first-order chi connectivity index (χ1) is 5.54. The molecular formula is C7H4Cl2NOP. The molecule has 0 radical (unpaired) electrons. The van der Waals surface area contributed by atoms with E-state index in [1.807, 2.05) is 6.07 Å². The van der Waals surface area contributed by atoms with Crippen LogP contribution in [0.1, 0.15) is 5.56 Å². The molecule has 1 rings (SSSR count).